The number of piperidine rings is 1. The van der Waals surface area contributed by atoms with Crippen molar-refractivity contribution in [3.05, 3.63) is 34.9 Å². The highest BCUT2D eigenvalue weighted by molar-refractivity contribution is 6.24. The number of hydrogen-bond donors (Lipinski definition) is 1. The Morgan fingerprint density at radius 3 is 2.54 bits per heavy atom. The van der Waals surface area contributed by atoms with Crippen LogP contribution in [0.3, 0.4) is 0 Å². The van der Waals surface area contributed by atoms with Crippen molar-refractivity contribution in [2.24, 2.45) is 0 Å². The molecule has 3 rings (SSSR count). The molecule has 0 spiro atoms. The van der Waals surface area contributed by atoms with Gasteiger partial charge in [0.1, 0.15) is 11.6 Å². The lowest BCUT2D eigenvalue weighted by Gasteiger charge is -2.27. The highest BCUT2D eigenvalue weighted by Crippen LogP contribution is 2.30. The zero-order valence-corrected chi connectivity index (χ0v) is 16.0. The normalized spacial score (nSPS) is 19.5. The zero-order chi connectivity index (χ0) is 20.6. The van der Waals surface area contributed by atoms with Gasteiger partial charge in [0, 0.05) is 12.8 Å². The number of fused-ring (bicyclic) bond motifs is 1. The minimum Gasteiger partial charge on any atom is -0.460 e. The Morgan fingerprint density at radius 1 is 1.18 bits per heavy atom. The van der Waals surface area contributed by atoms with Crippen LogP contribution in [0.1, 0.15) is 66.3 Å². The monoisotopic (exact) mass is 386 g/mol. The Hall–Kier alpha value is -3.03. The number of aryl methyl sites for hydroxylation is 1. The van der Waals surface area contributed by atoms with E-state index < -0.39 is 41.2 Å². The van der Waals surface area contributed by atoms with Gasteiger partial charge in [0.05, 0.1) is 11.1 Å². The summed E-state index contributed by atoms with van der Waals surface area (Å²) in [6.07, 6.45) is 0.465. The second-order valence-corrected chi connectivity index (χ2v) is 7.87. The summed E-state index contributed by atoms with van der Waals surface area (Å²) in [7, 11) is 0. The van der Waals surface area contributed by atoms with E-state index >= 15 is 0 Å². The third-order valence-corrected chi connectivity index (χ3v) is 4.57. The smallest absolute Gasteiger partial charge is 0.306 e. The Labute approximate surface area is 162 Å². The number of amides is 4. The van der Waals surface area contributed by atoms with Gasteiger partial charge in [0.25, 0.3) is 11.8 Å². The van der Waals surface area contributed by atoms with Crippen molar-refractivity contribution in [1.29, 1.82) is 0 Å². The third kappa shape index (κ3) is 3.81. The first-order valence-electron chi connectivity index (χ1n) is 9.14. The van der Waals surface area contributed by atoms with Crippen LogP contribution in [0, 0.1) is 0 Å². The topological polar surface area (TPSA) is 110 Å². The van der Waals surface area contributed by atoms with E-state index in [-0.39, 0.29) is 36.8 Å². The van der Waals surface area contributed by atoms with Gasteiger partial charge in [-0.2, -0.15) is 0 Å². The van der Waals surface area contributed by atoms with E-state index in [1.165, 1.54) is 6.07 Å². The van der Waals surface area contributed by atoms with Crippen LogP contribution in [-0.4, -0.2) is 46.1 Å². The average Bonchev–Trinajstić information content (AvgIpc) is 2.84. The Bertz CT molecular complexity index is 883. The number of hydrogen-bond acceptors (Lipinski definition) is 6. The van der Waals surface area contributed by atoms with E-state index in [9.17, 15) is 24.0 Å². The lowest BCUT2D eigenvalue weighted by atomic mass is 9.99. The number of ether oxygens (including phenoxy) is 1. The molecular formula is C20H22N2O6. The Morgan fingerprint density at radius 2 is 1.89 bits per heavy atom. The first kappa shape index (κ1) is 19.7. The maximum absolute atomic E-state index is 13.0. The fourth-order valence-electron chi connectivity index (χ4n) is 3.42. The van der Waals surface area contributed by atoms with Gasteiger partial charge >= 0.3 is 5.97 Å². The summed E-state index contributed by atoms with van der Waals surface area (Å²) in [5, 5.41) is 2.17. The predicted molar refractivity (Wildman–Crippen MR) is 97.3 cm³/mol. The molecule has 2 aliphatic rings. The van der Waals surface area contributed by atoms with Crippen molar-refractivity contribution in [2.45, 2.75) is 58.1 Å². The molecule has 1 N–H and O–H groups in total. The van der Waals surface area contributed by atoms with Crippen LogP contribution in [0.2, 0.25) is 0 Å². The molecule has 2 heterocycles. The van der Waals surface area contributed by atoms with Crippen LogP contribution >= 0.6 is 0 Å². The minimum absolute atomic E-state index is 0.0631. The van der Waals surface area contributed by atoms with Gasteiger partial charge in [-0.05, 0) is 45.2 Å². The molecule has 1 fully saturated rings. The van der Waals surface area contributed by atoms with Crippen LogP contribution in [0.15, 0.2) is 18.2 Å². The van der Waals surface area contributed by atoms with Gasteiger partial charge in [-0.3, -0.25) is 34.2 Å². The molecule has 0 radical (unpaired) electrons. The number of carbonyl (C=O) groups is 5. The molecule has 0 aliphatic carbocycles. The lowest BCUT2D eigenvalue weighted by molar-refractivity contribution is -0.154. The second-order valence-electron chi connectivity index (χ2n) is 7.87. The molecule has 1 aromatic rings. The van der Waals surface area contributed by atoms with Crippen LogP contribution in [-0.2, 0) is 25.5 Å². The maximum Gasteiger partial charge on any atom is 0.306 e. The molecule has 1 unspecified atom stereocenters. The molecule has 0 saturated carbocycles. The predicted octanol–water partition coefficient (Wildman–Crippen LogP) is 1.36. The Balaban J connectivity index is 1.81. The highest BCUT2D eigenvalue weighted by atomic mass is 16.6. The van der Waals surface area contributed by atoms with Crippen molar-refractivity contribution in [3.8, 4) is 0 Å². The van der Waals surface area contributed by atoms with E-state index in [0.717, 1.165) is 4.90 Å². The van der Waals surface area contributed by atoms with Crippen LogP contribution in [0.25, 0.3) is 0 Å². The quantitative estimate of drug-likeness (QED) is 0.618. The zero-order valence-electron chi connectivity index (χ0n) is 16.0. The molecule has 1 aromatic carbocycles. The van der Waals surface area contributed by atoms with E-state index in [1.807, 2.05) is 0 Å². The van der Waals surface area contributed by atoms with Crippen molar-refractivity contribution in [2.75, 3.05) is 0 Å². The fraction of sp³-hybridized carbons (Fsp3) is 0.450. The molecule has 2 aliphatic heterocycles. The number of nitrogens with zero attached hydrogens (tertiary/aromatic N) is 1. The number of nitrogens with one attached hydrogen (secondary N) is 1. The Kier molecular flexibility index (Phi) is 5.06. The molecule has 4 amide bonds. The molecule has 0 aromatic heterocycles. The third-order valence-electron chi connectivity index (χ3n) is 4.57. The van der Waals surface area contributed by atoms with Gasteiger partial charge in [-0.15, -0.1) is 0 Å². The molecule has 8 nitrogen and oxygen atoms in total. The first-order valence-corrected chi connectivity index (χ1v) is 9.14. The summed E-state index contributed by atoms with van der Waals surface area (Å²) >= 11 is 0. The number of carbonyl (C=O) groups excluding carboxylic acids is 5. The SMILES string of the molecule is CC(C)(C)OC(=O)CCc1cccc2c1C(=O)N(C1CCC(=O)NC1=O)C2=O. The summed E-state index contributed by atoms with van der Waals surface area (Å²) in [6.45, 7) is 5.31. The fourth-order valence-corrected chi connectivity index (χ4v) is 3.42. The van der Waals surface area contributed by atoms with Gasteiger partial charge in [0.15, 0.2) is 0 Å². The highest BCUT2D eigenvalue weighted by Gasteiger charge is 2.45. The number of imide groups is 2. The lowest BCUT2D eigenvalue weighted by Crippen LogP contribution is -2.54. The van der Waals surface area contributed by atoms with Crippen LogP contribution in [0.4, 0.5) is 0 Å². The molecule has 28 heavy (non-hydrogen) atoms. The van der Waals surface area contributed by atoms with Crippen LogP contribution < -0.4 is 5.32 Å². The first-order chi connectivity index (χ1) is 13.1. The molecule has 1 atom stereocenters. The summed E-state index contributed by atoms with van der Waals surface area (Å²) in [4.78, 5) is 62.1. The standard InChI is InChI=1S/C20H22N2O6/c1-20(2,3)28-15(24)10-7-11-5-4-6-12-16(11)19(27)22(18(12)26)13-8-9-14(23)21-17(13)25/h4-6,13H,7-10H2,1-3H3,(H,21,23,25). The van der Waals surface area contributed by atoms with Crippen molar-refractivity contribution in [3.63, 3.8) is 0 Å². The van der Waals surface area contributed by atoms with E-state index in [1.54, 1.807) is 32.9 Å². The average molecular weight is 386 g/mol. The molecule has 8 heteroatoms. The molecular weight excluding hydrogens is 364 g/mol. The summed E-state index contributed by atoms with van der Waals surface area (Å²) in [5.41, 5.74) is 0.359. The van der Waals surface area contributed by atoms with Crippen LogP contribution in [0.5, 0.6) is 0 Å². The summed E-state index contributed by atoms with van der Waals surface area (Å²) in [5.74, 6) is -2.61. The van der Waals surface area contributed by atoms with Gasteiger partial charge < -0.3 is 4.74 Å². The van der Waals surface area contributed by atoms with Crippen molar-refractivity contribution >= 4 is 29.6 Å². The van der Waals surface area contributed by atoms with Gasteiger partial charge in [0.2, 0.25) is 11.8 Å². The van der Waals surface area contributed by atoms with Gasteiger partial charge in [-0.25, -0.2) is 0 Å². The van der Waals surface area contributed by atoms with E-state index in [4.69, 9.17) is 4.74 Å². The maximum atomic E-state index is 13.0. The van der Waals surface area contributed by atoms with Crippen molar-refractivity contribution in [1.82, 2.24) is 10.2 Å². The van der Waals surface area contributed by atoms with Crippen molar-refractivity contribution < 1.29 is 28.7 Å². The van der Waals surface area contributed by atoms with E-state index in [2.05, 4.69) is 5.32 Å². The summed E-state index contributed by atoms with van der Waals surface area (Å²) < 4.78 is 5.28. The molecule has 148 valence electrons. The number of esters is 1. The number of benzene rings is 1. The van der Waals surface area contributed by atoms with Gasteiger partial charge in [-0.1, -0.05) is 12.1 Å². The summed E-state index contributed by atoms with van der Waals surface area (Å²) in [6, 6.07) is 3.84. The second kappa shape index (κ2) is 7.18. The van der Waals surface area contributed by atoms with E-state index in [0.29, 0.717) is 5.56 Å². The molecule has 1 saturated heterocycles. The minimum atomic E-state index is -1.01. The number of rotatable bonds is 4. The molecule has 0 bridgehead atoms. The largest absolute Gasteiger partial charge is 0.460 e.